The maximum atomic E-state index is 6.02. The largest absolute Gasteiger partial charge is 0.307 e. The standard InChI is InChI=1S/C15H19BrClN/c1-2-9-18-15(11-5-3-4-6-11)13-8-7-12(17)10-14(13)16/h5,7-8,10,15,18H,2-4,6,9H2,1H3. The molecule has 0 amide bonds. The van der Waals surface area contributed by atoms with E-state index in [9.17, 15) is 0 Å². The van der Waals surface area contributed by atoms with E-state index in [0.29, 0.717) is 6.04 Å². The van der Waals surface area contributed by atoms with Crippen molar-refractivity contribution in [2.45, 2.75) is 38.6 Å². The number of allylic oxidation sites excluding steroid dienone is 1. The Hall–Kier alpha value is -0.310. The van der Waals surface area contributed by atoms with Gasteiger partial charge >= 0.3 is 0 Å². The van der Waals surface area contributed by atoms with Crippen LogP contribution in [0.5, 0.6) is 0 Å². The lowest BCUT2D eigenvalue weighted by Gasteiger charge is -2.22. The fourth-order valence-electron chi connectivity index (χ4n) is 2.42. The minimum Gasteiger partial charge on any atom is -0.307 e. The van der Waals surface area contributed by atoms with Crippen LogP contribution in [0.25, 0.3) is 0 Å². The van der Waals surface area contributed by atoms with Crippen molar-refractivity contribution < 1.29 is 0 Å². The van der Waals surface area contributed by atoms with Crippen LogP contribution in [0.3, 0.4) is 0 Å². The molecule has 0 bridgehead atoms. The van der Waals surface area contributed by atoms with Gasteiger partial charge in [0, 0.05) is 9.50 Å². The van der Waals surface area contributed by atoms with E-state index in [4.69, 9.17) is 11.6 Å². The van der Waals surface area contributed by atoms with Crippen LogP contribution in [0.1, 0.15) is 44.2 Å². The molecule has 0 saturated carbocycles. The second-order valence-corrected chi connectivity index (χ2v) is 6.02. The molecule has 0 aliphatic heterocycles. The van der Waals surface area contributed by atoms with E-state index < -0.39 is 0 Å². The third-order valence-corrected chi connectivity index (χ3v) is 4.24. The molecule has 1 aliphatic carbocycles. The van der Waals surface area contributed by atoms with E-state index in [1.165, 1.54) is 30.4 Å². The highest BCUT2D eigenvalue weighted by atomic mass is 79.9. The number of halogens is 2. The summed E-state index contributed by atoms with van der Waals surface area (Å²) in [6.07, 6.45) is 7.23. The average molecular weight is 329 g/mol. The Bertz CT molecular complexity index is 442. The summed E-state index contributed by atoms with van der Waals surface area (Å²) in [5.41, 5.74) is 2.81. The highest BCUT2D eigenvalue weighted by Gasteiger charge is 2.20. The summed E-state index contributed by atoms with van der Waals surface area (Å²) in [7, 11) is 0. The molecule has 3 heteroatoms. The van der Waals surface area contributed by atoms with Crippen molar-refractivity contribution >= 4 is 27.5 Å². The molecule has 98 valence electrons. The Balaban J connectivity index is 2.26. The number of nitrogens with one attached hydrogen (secondary N) is 1. The topological polar surface area (TPSA) is 12.0 Å². The van der Waals surface area contributed by atoms with Gasteiger partial charge in [-0.15, -0.1) is 0 Å². The van der Waals surface area contributed by atoms with Crippen molar-refractivity contribution in [2.75, 3.05) is 6.54 Å². The van der Waals surface area contributed by atoms with Crippen LogP contribution >= 0.6 is 27.5 Å². The maximum Gasteiger partial charge on any atom is 0.0547 e. The Morgan fingerprint density at radius 1 is 1.44 bits per heavy atom. The quantitative estimate of drug-likeness (QED) is 0.728. The number of hydrogen-bond donors (Lipinski definition) is 1. The van der Waals surface area contributed by atoms with Crippen LogP contribution in [-0.4, -0.2) is 6.54 Å². The zero-order chi connectivity index (χ0) is 13.0. The van der Waals surface area contributed by atoms with Gasteiger partial charge in [-0.05, 0) is 49.9 Å². The van der Waals surface area contributed by atoms with Gasteiger partial charge in [0.1, 0.15) is 0 Å². The first-order chi connectivity index (χ1) is 8.72. The van der Waals surface area contributed by atoms with E-state index in [1.807, 2.05) is 12.1 Å². The molecule has 1 atom stereocenters. The predicted octanol–water partition coefficient (Wildman–Crippen LogP) is 5.25. The third-order valence-electron chi connectivity index (χ3n) is 3.32. The van der Waals surface area contributed by atoms with Crippen LogP contribution in [0.2, 0.25) is 5.02 Å². The minimum absolute atomic E-state index is 0.332. The Kier molecular flexibility index (Phi) is 5.28. The molecule has 1 N–H and O–H groups in total. The first kappa shape index (κ1) is 14.1. The van der Waals surface area contributed by atoms with Crippen molar-refractivity contribution in [2.24, 2.45) is 0 Å². The molecule has 1 aliphatic rings. The second-order valence-electron chi connectivity index (χ2n) is 4.72. The van der Waals surface area contributed by atoms with Crippen molar-refractivity contribution in [3.05, 3.63) is 44.9 Å². The van der Waals surface area contributed by atoms with E-state index in [2.05, 4.69) is 40.3 Å². The first-order valence-corrected chi connectivity index (χ1v) is 7.76. The van der Waals surface area contributed by atoms with Crippen molar-refractivity contribution in [1.82, 2.24) is 5.32 Å². The fourth-order valence-corrected chi connectivity index (χ4v) is 3.33. The molecule has 1 aromatic rings. The van der Waals surface area contributed by atoms with Gasteiger partial charge in [-0.2, -0.15) is 0 Å². The summed E-state index contributed by atoms with van der Waals surface area (Å²) in [6, 6.07) is 6.41. The number of benzene rings is 1. The molecule has 1 nitrogen and oxygen atoms in total. The fraction of sp³-hybridized carbons (Fsp3) is 0.467. The van der Waals surface area contributed by atoms with Gasteiger partial charge in [-0.25, -0.2) is 0 Å². The smallest absolute Gasteiger partial charge is 0.0547 e. The summed E-state index contributed by atoms with van der Waals surface area (Å²) in [6.45, 7) is 3.24. The van der Waals surface area contributed by atoms with E-state index >= 15 is 0 Å². The molecule has 0 aromatic heterocycles. The summed E-state index contributed by atoms with van der Waals surface area (Å²) in [4.78, 5) is 0. The minimum atomic E-state index is 0.332. The molecule has 0 fully saturated rings. The van der Waals surface area contributed by atoms with Gasteiger partial charge in [0.05, 0.1) is 6.04 Å². The molecular weight excluding hydrogens is 310 g/mol. The predicted molar refractivity (Wildman–Crippen MR) is 82.1 cm³/mol. The van der Waals surface area contributed by atoms with Crippen LogP contribution in [0.4, 0.5) is 0 Å². The normalized spacial score (nSPS) is 16.7. The highest BCUT2D eigenvalue weighted by Crippen LogP contribution is 2.35. The van der Waals surface area contributed by atoms with E-state index in [0.717, 1.165) is 22.5 Å². The van der Waals surface area contributed by atoms with Crippen LogP contribution in [-0.2, 0) is 0 Å². The Morgan fingerprint density at radius 3 is 2.89 bits per heavy atom. The van der Waals surface area contributed by atoms with Gasteiger partial charge in [-0.3, -0.25) is 0 Å². The molecule has 0 heterocycles. The zero-order valence-corrected chi connectivity index (χ0v) is 13.0. The van der Waals surface area contributed by atoms with Gasteiger partial charge < -0.3 is 5.32 Å². The molecule has 1 unspecified atom stereocenters. The zero-order valence-electron chi connectivity index (χ0n) is 10.7. The van der Waals surface area contributed by atoms with Gasteiger partial charge in [0.15, 0.2) is 0 Å². The lowest BCUT2D eigenvalue weighted by atomic mass is 9.98. The summed E-state index contributed by atoms with van der Waals surface area (Å²) < 4.78 is 1.09. The SMILES string of the molecule is CCCNC(C1=CCCC1)c1ccc(Cl)cc1Br. The van der Waals surface area contributed by atoms with Crippen molar-refractivity contribution in [1.29, 1.82) is 0 Å². The van der Waals surface area contributed by atoms with E-state index in [-0.39, 0.29) is 0 Å². The van der Waals surface area contributed by atoms with Gasteiger partial charge in [0.25, 0.3) is 0 Å². The lowest BCUT2D eigenvalue weighted by molar-refractivity contribution is 0.577. The molecular formula is C15H19BrClN. The monoisotopic (exact) mass is 327 g/mol. The van der Waals surface area contributed by atoms with Crippen LogP contribution in [0, 0.1) is 0 Å². The second kappa shape index (κ2) is 6.74. The summed E-state index contributed by atoms with van der Waals surface area (Å²) in [5, 5.41) is 4.42. The van der Waals surface area contributed by atoms with Gasteiger partial charge in [-0.1, -0.05) is 52.2 Å². The van der Waals surface area contributed by atoms with Crippen molar-refractivity contribution in [3.63, 3.8) is 0 Å². The Morgan fingerprint density at radius 2 is 2.28 bits per heavy atom. The van der Waals surface area contributed by atoms with Crippen molar-refractivity contribution in [3.8, 4) is 0 Å². The Labute approximate surface area is 123 Å². The summed E-state index contributed by atoms with van der Waals surface area (Å²) in [5.74, 6) is 0. The van der Waals surface area contributed by atoms with Crippen LogP contribution in [0.15, 0.2) is 34.3 Å². The number of rotatable bonds is 5. The first-order valence-electron chi connectivity index (χ1n) is 6.59. The number of hydrogen-bond acceptors (Lipinski definition) is 1. The van der Waals surface area contributed by atoms with Crippen LogP contribution < -0.4 is 5.32 Å². The molecule has 1 aromatic carbocycles. The highest BCUT2D eigenvalue weighted by molar-refractivity contribution is 9.10. The molecule has 18 heavy (non-hydrogen) atoms. The molecule has 0 radical (unpaired) electrons. The third kappa shape index (κ3) is 3.37. The average Bonchev–Trinajstić information content (AvgIpc) is 2.85. The molecule has 0 saturated heterocycles. The van der Waals surface area contributed by atoms with Gasteiger partial charge in [0.2, 0.25) is 0 Å². The molecule has 0 spiro atoms. The molecule has 2 rings (SSSR count). The maximum absolute atomic E-state index is 6.02. The van der Waals surface area contributed by atoms with E-state index in [1.54, 1.807) is 0 Å². The summed E-state index contributed by atoms with van der Waals surface area (Å²) >= 11 is 9.66. The lowest BCUT2D eigenvalue weighted by Crippen LogP contribution is -2.23.